The van der Waals surface area contributed by atoms with Gasteiger partial charge in [-0.15, -0.1) is 0 Å². The van der Waals surface area contributed by atoms with E-state index in [-0.39, 0.29) is 6.04 Å². The quantitative estimate of drug-likeness (QED) is 0.559. The monoisotopic (exact) mass is 345 g/mol. The number of aromatic nitrogens is 1. The molecule has 0 saturated carbocycles. The molecule has 5 heteroatoms. The smallest absolute Gasteiger partial charge is 0.134 e. The first-order chi connectivity index (χ1) is 10.2. The van der Waals surface area contributed by atoms with Gasteiger partial charge in [-0.05, 0) is 53.2 Å². The molecule has 4 nitrogen and oxygen atoms in total. The van der Waals surface area contributed by atoms with E-state index in [1.165, 1.54) is 5.56 Å². The van der Waals surface area contributed by atoms with Crippen LogP contribution >= 0.6 is 15.9 Å². The number of hydrogen-bond acceptors (Lipinski definition) is 4. The van der Waals surface area contributed by atoms with E-state index >= 15 is 0 Å². The molecular formula is C16H16BrN3O. The second-order valence-corrected chi connectivity index (χ2v) is 6.00. The van der Waals surface area contributed by atoms with Crippen molar-refractivity contribution in [3.63, 3.8) is 0 Å². The Bertz CT molecular complexity index is 752. The summed E-state index contributed by atoms with van der Waals surface area (Å²) in [5.74, 6) is 6.51. The minimum absolute atomic E-state index is 0.105. The molecule has 0 aliphatic rings. The second kappa shape index (κ2) is 5.97. The Morgan fingerprint density at radius 3 is 2.86 bits per heavy atom. The van der Waals surface area contributed by atoms with Crippen LogP contribution < -0.4 is 11.3 Å². The molecule has 2 heterocycles. The van der Waals surface area contributed by atoms with Gasteiger partial charge >= 0.3 is 0 Å². The predicted molar refractivity (Wildman–Crippen MR) is 86.7 cm³/mol. The summed E-state index contributed by atoms with van der Waals surface area (Å²) in [5, 5.41) is 1.09. The standard InChI is InChI=1S/C16H16BrN3O/c1-10-2-5-15-11(6-10)7-16(21-15)14(20-18)8-13-4-3-12(17)9-19-13/h2-7,9,14,20H,8,18H2,1H3. The van der Waals surface area contributed by atoms with E-state index in [1.54, 1.807) is 6.20 Å². The topological polar surface area (TPSA) is 64.1 Å². The summed E-state index contributed by atoms with van der Waals surface area (Å²) < 4.78 is 6.85. The fraction of sp³-hybridized carbons (Fsp3) is 0.188. The maximum Gasteiger partial charge on any atom is 0.134 e. The van der Waals surface area contributed by atoms with Gasteiger partial charge in [0.15, 0.2) is 0 Å². The maximum absolute atomic E-state index is 5.89. The molecule has 0 amide bonds. The zero-order valence-corrected chi connectivity index (χ0v) is 13.2. The fourth-order valence-corrected chi connectivity index (χ4v) is 2.57. The predicted octanol–water partition coefficient (Wildman–Crippen LogP) is 3.65. The van der Waals surface area contributed by atoms with Crippen molar-refractivity contribution in [2.45, 2.75) is 19.4 Å². The number of furan rings is 1. The molecule has 0 bridgehead atoms. The third-order valence-corrected chi connectivity index (χ3v) is 3.91. The first-order valence-electron chi connectivity index (χ1n) is 6.72. The molecule has 3 N–H and O–H groups in total. The van der Waals surface area contributed by atoms with Gasteiger partial charge in [0.1, 0.15) is 11.3 Å². The number of halogens is 1. The summed E-state index contributed by atoms with van der Waals surface area (Å²) in [6.07, 6.45) is 2.45. The highest BCUT2D eigenvalue weighted by Crippen LogP contribution is 2.26. The van der Waals surface area contributed by atoms with Crippen LogP contribution in [0.15, 0.2) is 51.5 Å². The van der Waals surface area contributed by atoms with E-state index in [1.807, 2.05) is 30.3 Å². The highest BCUT2D eigenvalue weighted by Gasteiger charge is 2.16. The number of nitrogens with zero attached hydrogens (tertiary/aromatic N) is 1. The van der Waals surface area contributed by atoms with Crippen molar-refractivity contribution in [2.24, 2.45) is 5.84 Å². The number of rotatable bonds is 4. The number of nitrogens with one attached hydrogen (secondary N) is 1. The second-order valence-electron chi connectivity index (χ2n) is 5.08. The summed E-state index contributed by atoms with van der Waals surface area (Å²) in [4.78, 5) is 4.38. The molecular weight excluding hydrogens is 330 g/mol. The summed E-state index contributed by atoms with van der Waals surface area (Å²) in [6.45, 7) is 2.07. The molecule has 21 heavy (non-hydrogen) atoms. The van der Waals surface area contributed by atoms with Gasteiger partial charge in [0.25, 0.3) is 0 Å². The maximum atomic E-state index is 5.89. The van der Waals surface area contributed by atoms with Gasteiger partial charge in [-0.1, -0.05) is 11.6 Å². The highest BCUT2D eigenvalue weighted by molar-refractivity contribution is 9.10. The molecule has 3 rings (SSSR count). The number of pyridine rings is 1. The van der Waals surface area contributed by atoms with Crippen LogP contribution in [0.5, 0.6) is 0 Å². The number of fused-ring (bicyclic) bond motifs is 1. The molecule has 1 atom stereocenters. The Kier molecular flexibility index (Phi) is 4.05. The third kappa shape index (κ3) is 3.15. The molecule has 0 saturated heterocycles. The highest BCUT2D eigenvalue weighted by atomic mass is 79.9. The van der Waals surface area contributed by atoms with E-state index in [4.69, 9.17) is 10.3 Å². The Balaban J connectivity index is 1.88. The average molecular weight is 346 g/mol. The average Bonchev–Trinajstić information content (AvgIpc) is 2.89. The van der Waals surface area contributed by atoms with E-state index < -0.39 is 0 Å². The van der Waals surface area contributed by atoms with Gasteiger partial charge in [-0.3, -0.25) is 10.8 Å². The number of hydrogen-bond donors (Lipinski definition) is 2. The number of hydrazine groups is 1. The lowest BCUT2D eigenvalue weighted by Gasteiger charge is -2.12. The minimum atomic E-state index is -0.105. The van der Waals surface area contributed by atoms with Gasteiger partial charge in [0, 0.05) is 28.2 Å². The lowest BCUT2D eigenvalue weighted by molar-refractivity contribution is 0.432. The van der Waals surface area contributed by atoms with Crippen molar-refractivity contribution in [2.75, 3.05) is 0 Å². The lowest BCUT2D eigenvalue weighted by Crippen LogP contribution is -2.29. The molecule has 0 spiro atoms. The molecule has 1 aromatic carbocycles. The molecule has 0 aliphatic carbocycles. The van der Waals surface area contributed by atoms with Gasteiger partial charge in [0.2, 0.25) is 0 Å². The number of aryl methyl sites for hydroxylation is 1. The van der Waals surface area contributed by atoms with Gasteiger partial charge in [-0.2, -0.15) is 0 Å². The Labute approximate surface area is 131 Å². The fourth-order valence-electron chi connectivity index (χ4n) is 2.33. The van der Waals surface area contributed by atoms with Crippen molar-refractivity contribution in [1.29, 1.82) is 0 Å². The van der Waals surface area contributed by atoms with Crippen molar-refractivity contribution < 1.29 is 4.42 Å². The minimum Gasteiger partial charge on any atom is -0.459 e. The summed E-state index contributed by atoms with van der Waals surface area (Å²) in [5.41, 5.74) is 5.85. The van der Waals surface area contributed by atoms with Crippen molar-refractivity contribution in [3.05, 3.63) is 64.1 Å². The van der Waals surface area contributed by atoms with Crippen LogP contribution in [0.25, 0.3) is 11.0 Å². The zero-order chi connectivity index (χ0) is 14.8. The van der Waals surface area contributed by atoms with Crippen LogP contribution in [-0.4, -0.2) is 4.98 Å². The number of nitrogens with two attached hydrogens (primary N) is 1. The SMILES string of the molecule is Cc1ccc2oc(C(Cc3ccc(Br)cn3)NN)cc2c1. The normalized spacial score (nSPS) is 12.7. The van der Waals surface area contributed by atoms with Gasteiger partial charge in [-0.25, -0.2) is 5.43 Å². The zero-order valence-electron chi connectivity index (χ0n) is 11.6. The van der Waals surface area contributed by atoms with E-state index in [9.17, 15) is 0 Å². The molecule has 108 valence electrons. The van der Waals surface area contributed by atoms with Gasteiger partial charge < -0.3 is 4.42 Å². The largest absolute Gasteiger partial charge is 0.459 e. The lowest BCUT2D eigenvalue weighted by atomic mass is 10.1. The Morgan fingerprint density at radius 1 is 1.29 bits per heavy atom. The van der Waals surface area contributed by atoms with Crippen LogP contribution in [0.1, 0.15) is 23.1 Å². The Morgan fingerprint density at radius 2 is 2.14 bits per heavy atom. The summed E-state index contributed by atoms with van der Waals surface area (Å²) >= 11 is 3.38. The van der Waals surface area contributed by atoms with Gasteiger partial charge in [0.05, 0.1) is 6.04 Å². The Hall–Kier alpha value is -1.69. The summed E-state index contributed by atoms with van der Waals surface area (Å²) in [7, 11) is 0. The third-order valence-electron chi connectivity index (χ3n) is 3.44. The molecule has 1 unspecified atom stereocenters. The van der Waals surface area contributed by atoms with Crippen molar-refractivity contribution >= 4 is 26.9 Å². The summed E-state index contributed by atoms with van der Waals surface area (Å²) in [6, 6.07) is 12.0. The van der Waals surface area contributed by atoms with Crippen molar-refractivity contribution in [3.8, 4) is 0 Å². The molecule has 0 radical (unpaired) electrons. The van der Waals surface area contributed by atoms with E-state index in [0.29, 0.717) is 6.42 Å². The molecule has 0 aliphatic heterocycles. The first-order valence-corrected chi connectivity index (χ1v) is 7.51. The van der Waals surface area contributed by atoms with E-state index in [0.717, 1.165) is 26.9 Å². The van der Waals surface area contributed by atoms with Crippen molar-refractivity contribution in [1.82, 2.24) is 10.4 Å². The molecule has 3 aromatic rings. The van der Waals surface area contributed by atoms with Crippen LogP contribution in [0.2, 0.25) is 0 Å². The number of benzene rings is 1. The van der Waals surface area contributed by atoms with E-state index in [2.05, 4.69) is 39.3 Å². The molecule has 2 aromatic heterocycles. The first kappa shape index (κ1) is 14.3. The van der Waals surface area contributed by atoms with Crippen LogP contribution in [0.4, 0.5) is 0 Å². The van der Waals surface area contributed by atoms with Crippen LogP contribution in [0, 0.1) is 6.92 Å². The van der Waals surface area contributed by atoms with Crippen LogP contribution in [0.3, 0.4) is 0 Å². The van der Waals surface area contributed by atoms with Crippen LogP contribution in [-0.2, 0) is 6.42 Å². The molecule has 0 fully saturated rings.